The molecule has 0 spiro atoms. The summed E-state index contributed by atoms with van der Waals surface area (Å²) >= 11 is 0. The number of hydrogen-bond acceptors (Lipinski definition) is 6. The van der Waals surface area contributed by atoms with Crippen molar-refractivity contribution in [1.82, 2.24) is 9.55 Å². The van der Waals surface area contributed by atoms with Gasteiger partial charge in [-0.05, 0) is 19.1 Å². The van der Waals surface area contributed by atoms with Gasteiger partial charge in [0.1, 0.15) is 31.1 Å². The summed E-state index contributed by atoms with van der Waals surface area (Å²) in [6.45, 7) is 1.37. The molecule has 9 nitrogen and oxygen atoms in total. The minimum Gasteiger partial charge on any atom is -0.488 e. The monoisotopic (exact) mass is 425 g/mol. The van der Waals surface area contributed by atoms with E-state index in [4.69, 9.17) is 15.2 Å². The Kier molecular flexibility index (Phi) is 4.92. The molecule has 1 fully saturated rings. The first-order valence-corrected chi connectivity index (χ1v) is 9.10. The molecule has 0 bridgehead atoms. The molecule has 2 aliphatic rings. The minimum atomic E-state index is -2.81. The second kappa shape index (κ2) is 7.43. The van der Waals surface area contributed by atoms with E-state index in [0.717, 1.165) is 4.90 Å². The van der Waals surface area contributed by atoms with Crippen LogP contribution in [-0.4, -0.2) is 53.3 Å². The van der Waals surface area contributed by atoms with Gasteiger partial charge in [0.15, 0.2) is 17.4 Å². The molecule has 0 aliphatic carbocycles. The van der Waals surface area contributed by atoms with Crippen LogP contribution in [0.4, 0.5) is 29.5 Å². The zero-order valence-electron chi connectivity index (χ0n) is 15.8. The summed E-state index contributed by atoms with van der Waals surface area (Å²) in [5.41, 5.74) is 5.49. The zero-order chi connectivity index (χ0) is 21.6. The minimum absolute atomic E-state index is 0.0150. The lowest BCUT2D eigenvalue weighted by Crippen LogP contribution is -2.38. The van der Waals surface area contributed by atoms with Crippen molar-refractivity contribution >= 4 is 23.5 Å². The molecule has 160 valence electrons. The Morgan fingerprint density at radius 2 is 2.13 bits per heavy atom. The Labute approximate surface area is 168 Å². The highest BCUT2D eigenvalue weighted by Gasteiger charge is 2.42. The van der Waals surface area contributed by atoms with Crippen molar-refractivity contribution in [3.8, 4) is 17.1 Å². The predicted octanol–water partition coefficient (Wildman–Crippen LogP) is 1.96. The van der Waals surface area contributed by atoms with Gasteiger partial charge in [0.2, 0.25) is 5.91 Å². The van der Waals surface area contributed by atoms with E-state index in [1.165, 1.54) is 25.3 Å². The van der Waals surface area contributed by atoms with Crippen LogP contribution in [0.25, 0.3) is 11.4 Å². The van der Waals surface area contributed by atoms with Crippen molar-refractivity contribution in [3.63, 3.8) is 0 Å². The molecule has 4 rings (SSSR count). The number of amides is 2. The van der Waals surface area contributed by atoms with Crippen molar-refractivity contribution in [1.29, 1.82) is 0 Å². The van der Waals surface area contributed by atoms with Gasteiger partial charge in [0.05, 0.1) is 17.8 Å². The number of hydrogen-bond donors (Lipinski definition) is 2. The number of nitrogens with one attached hydrogen (secondary N) is 1. The highest BCUT2D eigenvalue weighted by Crippen LogP contribution is 2.39. The summed E-state index contributed by atoms with van der Waals surface area (Å²) in [4.78, 5) is 28.3. The van der Waals surface area contributed by atoms with Gasteiger partial charge < -0.3 is 25.1 Å². The van der Waals surface area contributed by atoms with Gasteiger partial charge in [-0.1, -0.05) is 0 Å². The molecule has 12 heteroatoms. The number of halogens is 3. The number of benzene rings is 1. The van der Waals surface area contributed by atoms with Gasteiger partial charge in [-0.25, -0.2) is 27.8 Å². The molecule has 1 aromatic heterocycles. The fourth-order valence-corrected chi connectivity index (χ4v) is 3.32. The van der Waals surface area contributed by atoms with Gasteiger partial charge >= 0.3 is 6.09 Å². The van der Waals surface area contributed by atoms with E-state index in [0.29, 0.717) is 0 Å². The number of carbonyl (C=O) groups excluding carboxylic acids is 2. The lowest BCUT2D eigenvalue weighted by molar-refractivity contribution is -0.118. The van der Waals surface area contributed by atoms with Crippen molar-refractivity contribution in [3.05, 3.63) is 24.1 Å². The molecule has 2 amide bonds. The lowest BCUT2D eigenvalue weighted by atomic mass is 10.1. The Bertz CT molecular complexity index is 1010. The quantitative estimate of drug-likeness (QED) is 0.758. The number of fused-ring (bicyclic) bond motifs is 3. The predicted molar refractivity (Wildman–Crippen MR) is 99.0 cm³/mol. The normalized spacial score (nSPS) is 18.9. The van der Waals surface area contributed by atoms with Crippen LogP contribution in [0.5, 0.6) is 5.75 Å². The molecule has 3 heterocycles. The maximum absolute atomic E-state index is 15.0. The highest BCUT2D eigenvalue weighted by atomic mass is 19.3. The van der Waals surface area contributed by atoms with Crippen LogP contribution < -0.4 is 20.7 Å². The van der Waals surface area contributed by atoms with Gasteiger partial charge in [-0.15, -0.1) is 0 Å². The van der Waals surface area contributed by atoms with Crippen LogP contribution in [0, 0.1) is 5.82 Å². The van der Waals surface area contributed by atoms with E-state index >= 15 is 4.39 Å². The number of nitrogens with two attached hydrogens (primary N) is 1. The van der Waals surface area contributed by atoms with Crippen LogP contribution >= 0.6 is 0 Å². The second-order valence-corrected chi connectivity index (χ2v) is 6.89. The average Bonchev–Trinajstić information content (AvgIpc) is 3.23. The van der Waals surface area contributed by atoms with Crippen LogP contribution in [0.1, 0.15) is 6.92 Å². The van der Waals surface area contributed by atoms with Crippen molar-refractivity contribution in [2.45, 2.75) is 32.0 Å². The lowest BCUT2D eigenvalue weighted by Gasteiger charge is -2.18. The van der Waals surface area contributed by atoms with Crippen molar-refractivity contribution in [2.75, 3.05) is 23.4 Å². The summed E-state index contributed by atoms with van der Waals surface area (Å²) in [5.74, 6) is -1.28. The molecule has 0 saturated carbocycles. The van der Waals surface area contributed by atoms with Crippen LogP contribution in [-0.2, 0) is 16.1 Å². The smallest absolute Gasteiger partial charge is 0.416 e. The van der Waals surface area contributed by atoms with Gasteiger partial charge in [-0.3, -0.25) is 4.79 Å². The molecular formula is C18H18F3N5O4. The van der Waals surface area contributed by atoms with E-state index in [2.05, 4.69) is 10.3 Å². The van der Waals surface area contributed by atoms with Crippen molar-refractivity contribution < 1.29 is 32.2 Å². The Hall–Kier alpha value is -3.44. The molecular weight excluding hydrogens is 407 g/mol. The third-order valence-electron chi connectivity index (χ3n) is 4.92. The number of alkyl halides is 2. The maximum Gasteiger partial charge on any atom is 0.416 e. The molecule has 30 heavy (non-hydrogen) atoms. The second-order valence-electron chi connectivity index (χ2n) is 6.89. The first-order valence-electron chi connectivity index (χ1n) is 9.10. The Balaban J connectivity index is 1.73. The summed E-state index contributed by atoms with van der Waals surface area (Å²) < 4.78 is 53.4. The molecule has 2 aromatic rings. The van der Waals surface area contributed by atoms with Crippen LogP contribution in [0.15, 0.2) is 18.3 Å². The fourth-order valence-electron chi connectivity index (χ4n) is 3.32. The first-order chi connectivity index (χ1) is 14.3. The molecule has 3 N–H and O–H groups in total. The number of aromatic nitrogens is 2. The Morgan fingerprint density at radius 3 is 2.83 bits per heavy atom. The number of primary amides is 1. The van der Waals surface area contributed by atoms with Crippen LogP contribution in [0.3, 0.4) is 0 Å². The number of ether oxygens (including phenoxy) is 2. The van der Waals surface area contributed by atoms with Crippen LogP contribution in [0.2, 0.25) is 0 Å². The van der Waals surface area contributed by atoms with E-state index < -0.39 is 42.9 Å². The maximum atomic E-state index is 15.0. The SMILES string of the molecule is C[C@H](Nc1ccc2c(c1F)OCCn1cc(N3C(=O)OCC3C(F)F)nc1-2)C(N)=O. The van der Waals surface area contributed by atoms with Gasteiger partial charge in [0, 0.05) is 6.20 Å². The number of cyclic esters (lactones) is 1. The largest absolute Gasteiger partial charge is 0.488 e. The zero-order valence-corrected chi connectivity index (χ0v) is 15.8. The number of imidazole rings is 1. The summed E-state index contributed by atoms with van der Waals surface area (Å²) in [5, 5.41) is 2.67. The number of rotatable bonds is 5. The van der Waals surface area contributed by atoms with E-state index in [-0.39, 0.29) is 41.8 Å². The summed E-state index contributed by atoms with van der Waals surface area (Å²) in [6.07, 6.45) is -2.31. The number of carbonyl (C=O) groups is 2. The molecule has 1 aromatic carbocycles. The van der Waals surface area contributed by atoms with Gasteiger partial charge in [-0.2, -0.15) is 0 Å². The first kappa shape index (κ1) is 19.9. The highest BCUT2D eigenvalue weighted by molar-refractivity contribution is 5.90. The number of anilines is 2. The fraction of sp³-hybridized carbons (Fsp3) is 0.389. The topological polar surface area (TPSA) is 112 Å². The molecule has 2 aliphatic heterocycles. The molecule has 2 atom stereocenters. The third-order valence-corrected chi connectivity index (χ3v) is 4.92. The van der Waals surface area contributed by atoms with E-state index in [1.54, 1.807) is 4.57 Å². The van der Waals surface area contributed by atoms with Crippen molar-refractivity contribution in [2.24, 2.45) is 5.73 Å². The van der Waals surface area contributed by atoms with Gasteiger partial charge in [0.25, 0.3) is 6.43 Å². The third kappa shape index (κ3) is 3.27. The molecule has 1 saturated heterocycles. The average molecular weight is 425 g/mol. The molecule has 1 unspecified atom stereocenters. The van der Waals surface area contributed by atoms with E-state index in [1.807, 2.05) is 0 Å². The summed E-state index contributed by atoms with van der Waals surface area (Å²) in [7, 11) is 0. The summed E-state index contributed by atoms with van der Waals surface area (Å²) in [6, 6.07) is 0.651. The molecule has 0 radical (unpaired) electrons. The van der Waals surface area contributed by atoms with E-state index in [9.17, 15) is 18.4 Å². The standard InChI is InChI=1S/C18H18F3N5O4/c1-8(16(22)27)23-10-3-2-9-14(13(10)19)29-5-4-25-6-12(24-17(9)25)26-11(15(20)21)7-30-18(26)28/h2-3,6,8,11,15,23H,4-5,7H2,1H3,(H2,22,27)/t8-,11?/m0/s1. The Morgan fingerprint density at radius 1 is 1.37 bits per heavy atom. The number of nitrogens with zero attached hydrogens (tertiary/aromatic N) is 3.